The van der Waals surface area contributed by atoms with E-state index in [9.17, 15) is 4.79 Å². The second-order valence-corrected chi connectivity index (χ2v) is 5.10. The molecular formula is C14H21N3OS. The normalized spacial score (nSPS) is 10.0. The summed E-state index contributed by atoms with van der Waals surface area (Å²) >= 11 is 4.92. The van der Waals surface area contributed by atoms with Crippen LogP contribution in [0.25, 0.3) is 0 Å². The van der Waals surface area contributed by atoms with Gasteiger partial charge in [-0.05, 0) is 12.1 Å². The molecule has 1 aromatic rings. The molecule has 0 fully saturated rings. The summed E-state index contributed by atoms with van der Waals surface area (Å²) in [5, 5.41) is 0. The SMILES string of the molecule is CN(C)C(=O)CCN(CCC(N)=S)c1ccccc1. The van der Waals surface area contributed by atoms with Crippen LogP contribution in [0.4, 0.5) is 5.69 Å². The molecule has 0 aliphatic heterocycles. The van der Waals surface area contributed by atoms with Crippen molar-refractivity contribution in [2.24, 2.45) is 5.73 Å². The average Bonchev–Trinajstić information content (AvgIpc) is 2.39. The largest absolute Gasteiger partial charge is 0.393 e. The fourth-order valence-corrected chi connectivity index (χ4v) is 1.80. The third-order valence-electron chi connectivity index (χ3n) is 2.84. The highest BCUT2D eigenvalue weighted by atomic mass is 32.1. The lowest BCUT2D eigenvalue weighted by Crippen LogP contribution is -2.32. The van der Waals surface area contributed by atoms with Gasteiger partial charge < -0.3 is 15.5 Å². The third-order valence-corrected chi connectivity index (χ3v) is 3.05. The molecule has 1 rings (SSSR count). The maximum Gasteiger partial charge on any atom is 0.223 e. The molecule has 0 aliphatic carbocycles. The second-order valence-electron chi connectivity index (χ2n) is 4.58. The summed E-state index contributed by atoms with van der Waals surface area (Å²) in [6, 6.07) is 9.99. The Morgan fingerprint density at radius 1 is 1.16 bits per heavy atom. The van der Waals surface area contributed by atoms with Crippen LogP contribution >= 0.6 is 12.2 Å². The van der Waals surface area contributed by atoms with Gasteiger partial charge in [-0.3, -0.25) is 4.79 Å². The quantitative estimate of drug-likeness (QED) is 0.771. The first kappa shape index (κ1) is 15.4. The summed E-state index contributed by atoms with van der Waals surface area (Å²) < 4.78 is 0. The predicted octanol–water partition coefficient (Wildman–Crippen LogP) is 1.65. The molecular weight excluding hydrogens is 258 g/mol. The number of benzene rings is 1. The van der Waals surface area contributed by atoms with E-state index in [1.54, 1.807) is 19.0 Å². The standard InChI is InChI=1S/C14H21N3OS/c1-16(2)14(18)9-11-17(10-8-13(15)19)12-6-4-3-5-7-12/h3-7H,8-11H2,1-2H3,(H2,15,19). The molecule has 5 heteroatoms. The highest BCUT2D eigenvalue weighted by molar-refractivity contribution is 7.80. The fourth-order valence-electron chi connectivity index (χ4n) is 1.71. The Hall–Kier alpha value is -1.62. The molecule has 19 heavy (non-hydrogen) atoms. The van der Waals surface area contributed by atoms with Crippen molar-refractivity contribution in [2.75, 3.05) is 32.1 Å². The van der Waals surface area contributed by atoms with Crippen molar-refractivity contribution in [2.45, 2.75) is 12.8 Å². The van der Waals surface area contributed by atoms with Crippen LogP contribution in [0, 0.1) is 0 Å². The van der Waals surface area contributed by atoms with Gasteiger partial charge in [0.05, 0.1) is 4.99 Å². The van der Waals surface area contributed by atoms with Crippen molar-refractivity contribution < 1.29 is 4.79 Å². The van der Waals surface area contributed by atoms with Gasteiger partial charge in [-0.1, -0.05) is 30.4 Å². The summed E-state index contributed by atoms with van der Waals surface area (Å²) in [5.41, 5.74) is 6.64. The van der Waals surface area contributed by atoms with Crippen molar-refractivity contribution in [1.82, 2.24) is 4.90 Å². The molecule has 2 N–H and O–H groups in total. The molecule has 104 valence electrons. The number of hydrogen-bond donors (Lipinski definition) is 1. The van der Waals surface area contributed by atoms with E-state index >= 15 is 0 Å². The Morgan fingerprint density at radius 2 is 1.74 bits per heavy atom. The molecule has 0 bridgehead atoms. The minimum atomic E-state index is 0.122. The van der Waals surface area contributed by atoms with E-state index in [0.29, 0.717) is 24.4 Å². The summed E-state index contributed by atoms with van der Waals surface area (Å²) in [4.78, 5) is 15.9. The second kappa shape index (κ2) is 7.74. The van der Waals surface area contributed by atoms with Crippen LogP contribution in [0.15, 0.2) is 30.3 Å². The molecule has 0 saturated carbocycles. The first-order chi connectivity index (χ1) is 9.00. The first-order valence-electron chi connectivity index (χ1n) is 6.29. The summed E-state index contributed by atoms with van der Waals surface area (Å²) in [7, 11) is 3.54. The van der Waals surface area contributed by atoms with E-state index in [1.807, 2.05) is 30.3 Å². The smallest absolute Gasteiger partial charge is 0.223 e. The molecule has 1 aromatic carbocycles. The Labute approximate surface area is 120 Å². The van der Waals surface area contributed by atoms with Crippen LogP contribution < -0.4 is 10.6 Å². The number of anilines is 1. The van der Waals surface area contributed by atoms with E-state index < -0.39 is 0 Å². The van der Waals surface area contributed by atoms with Crippen molar-refractivity contribution in [3.8, 4) is 0 Å². The fraction of sp³-hybridized carbons (Fsp3) is 0.429. The molecule has 0 radical (unpaired) electrons. The highest BCUT2D eigenvalue weighted by Crippen LogP contribution is 2.14. The monoisotopic (exact) mass is 279 g/mol. The maximum absolute atomic E-state index is 11.7. The number of para-hydroxylation sites is 1. The number of thiocarbonyl (C=S) groups is 1. The lowest BCUT2D eigenvalue weighted by molar-refractivity contribution is -0.128. The van der Waals surface area contributed by atoms with Crippen molar-refractivity contribution >= 4 is 28.8 Å². The zero-order valence-corrected chi connectivity index (χ0v) is 12.3. The Bertz CT molecular complexity index is 420. The number of nitrogens with two attached hydrogens (primary N) is 1. The molecule has 0 heterocycles. The molecule has 0 saturated heterocycles. The maximum atomic E-state index is 11.7. The predicted molar refractivity (Wildman–Crippen MR) is 83.4 cm³/mol. The molecule has 0 unspecified atom stereocenters. The third kappa shape index (κ3) is 5.70. The molecule has 4 nitrogen and oxygen atoms in total. The zero-order valence-electron chi connectivity index (χ0n) is 11.5. The zero-order chi connectivity index (χ0) is 14.3. The van der Waals surface area contributed by atoms with Gasteiger partial charge >= 0.3 is 0 Å². The van der Waals surface area contributed by atoms with Crippen LogP contribution in [-0.2, 0) is 4.79 Å². The van der Waals surface area contributed by atoms with Gasteiger partial charge in [0.25, 0.3) is 0 Å². The summed E-state index contributed by atoms with van der Waals surface area (Å²) in [6.07, 6.45) is 1.14. The van der Waals surface area contributed by atoms with Crippen LogP contribution in [0.3, 0.4) is 0 Å². The van der Waals surface area contributed by atoms with Crippen molar-refractivity contribution in [1.29, 1.82) is 0 Å². The molecule has 0 aromatic heterocycles. The van der Waals surface area contributed by atoms with E-state index in [-0.39, 0.29) is 5.91 Å². The van der Waals surface area contributed by atoms with E-state index in [2.05, 4.69) is 4.90 Å². The van der Waals surface area contributed by atoms with Gasteiger partial charge in [-0.15, -0.1) is 0 Å². The van der Waals surface area contributed by atoms with Crippen LogP contribution in [0.2, 0.25) is 0 Å². The summed E-state index contributed by atoms with van der Waals surface area (Å²) in [5.74, 6) is 0.122. The lowest BCUT2D eigenvalue weighted by Gasteiger charge is -2.25. The minimum Gasteiger partial charge on any atom is -0.393 e. The number of amides is 1. The molecule has 0 atom stereocenters. The summed E-state index contributed by atoms with van der Waals surface area (Å²) in [6.45, 7) is 1.41. The van der Waals surface area contributed by atoms with Gasteiger partial charge in [0.15, 0.2) is 0 Å². The van der Waals surface area contributed by atoms with Gasteiger partial charge in [-0.2, -0.15) is 0 Å². The van der Waals surface area contributed by atoms with Gasteiger partial charge in [0, 0.05) is 45.7 Å². The van der Waals surface area contributed by atoms with Crippen LogP contribution in [0.5, 0.6) is 0 Å². The number of carbonyl (C=O) groups excluding carboxylic acids is 1. The van der Waals surface area contributed by atoms with Crippen LogP contribution in [0.1, 0.15) is 12.8 Å². The highest BCUT2D eigenvalue weighted by Gasteiger charge is 2.10. The topological polar surface area (TPSA) is 49.6 Å². The first-order valence-corrected chi connectivity index (χ1v) is 6.70. The van der Waals surface area contributed by atoms with Crippen molar-refractivity contribution in [3.05, 3.63) is 30.3 Å². The van der Waals surface area contributed by atoms with Gasteiger partial charge in [-0.25, -0.2) is 0 Å². The molecule has 0 spiro atoms. The Balaban J connectivity index is 2.65. The average molecular weight is 279 g/mol. The Kier molecular flexibility index (Phi) is 6.29. The van der Waals surface area contributed by atoms with Gasteiger partial charge in [0.2, 0.25) is 5.91 Å². The molecule has 1 amide bonds. The van der Waals surface area contributed by atoms with Crippen molar-refractivity contribution in [3.63, 3.8) is 0 Å². The minimum absolute atomic E-state index is 0.122. The number of carbonyl (C=O) groups is 1. The van der Waals surface area contributed by atoms with Crippen LogP contribution in [-0.4, -0.2) is 43.0 Å². The van der Waals surface area contributed by atoms with Gasteiger partial charge in [0.1, 0.15) is 0 Å². The lowest BCUT2D eigenvalue weighted by atomic mass is 10.2. The number of rotatable bonds is 7. The van der Waals surface area contributed by atoms with E-state index in [1.165, 1.54) is 0 Å². The molecule has 0 aliphatic rings. The number of hydrogen-bond acceptors (Lipinski definition) is 3. The number of nitrogens with zero attached hydrogens (tertiary/aromatic N) is 2. The van der Waals surface area contributed by atoms with E-state index in [0.717, 1.165) is 12.2 Å². The Morgan fingerprint density at radius 3 is 2.26 bits per heavy atom. The van der Waals surface area contributed by atoms with E-state index in [4.69, 9.17) is 18.0 Å².